The summed E-state index contributed by atoms with van der Waals surface area (Å²) in [7, 11) is 0. The Kier molecular flexibility index (Phi) is 7.82. The fourth-order valence-electron chi connectivity index (χ4n) is 0.959. The number of hydrogen-bond acceptors (Lipinski definition) is 4. The van der Waals surface area contributed by atoms with E-state index in [4.69, 9.17) is 27.7 Å². The molecule has 6 heteroatoms. The minimum atomic E-state index is -1.27. The van der Waals surface area contributed by atoms with Crippen LogP contribution in [0.2, 0.25) is 5.02 Å². The van der Waals surface area contributed by atoms with Gasteiger partial charge in [-0.2, -0.15) is 5.26 Å². The number of anilines is 1. The Balaban J connectivity index is 0.000000342. The van der Waals surface area contributed by atoms with Gasteiger partial charge >= 0.3 is 5.97 Å². The highest BCUT2D eigenvalue weighted by Crippen LogP contribution is 2.16. The van der Waals surface area contributed by atoms with Gasteiger partial charge in [0.15, 0.2) is 5.57 Å². The number of nitrogens with zero attached hydrogens (tertiary/aromatic N) is 1. The summed E-state index contributed by atoms with van der Waals surface area (Å²) < 4.78 is 4.58. The molecule has 0 spiro atoms. The number of nitrogen functional groups attached to an aromatic ring is 1. The van der Waals surface area contributed by atoms with Crippen molar-refractivity contribution in [3.63, 3.8) is 0 Å². The summed E-state index contributed by atoms with van der Waals surface area (Å²) in [5.74, 6) is -1.27. The molecule has 3 N–H and O–H groups in total. The van der Waals surface area contributed by atoms with Crippen molar-refractivity contribution in [2.45, 2.75) is 13.8 Å². The number of rotatable bonds is 3. The Morgan fingerprint density at radius 2 is 2.26 bits per heavy atom. The Bertz CT molecular complexity index is 507. The fourth-order valence-corrected chi connectivity index (χ4v) is 1.08. The van der Waals surface area contributed by atoms with E-state index in [1.807, 2.05) is 13.0 Å². The van der Waals surface area contributed by atoms with Crippen LogP contribution in [0.5, 0.6) is 0 Å². The maximum Gasteiger partial charge on any atom is 0.349 e. The van der Waals surface area contributed by atoms with Gasteiger partial charge in [-0.05, 0) is 37.6 Å². The number of carboxylic acid groups (broad SMARTS) is 1. The van der Waals surface area contributed by atoms with Gasteiger partial charge in [0.25, 0.3) is 0 Å². The van der Waals surface area contributed by atoms with E-state index < -0.39 is 5.97 Å². The molecule has 0 aromatic heterocycles. The average molecular weight is 283 g/mol. The third-order valence-corrected chi connectivity index (χ3v) is 2.32. The van der Waals surface area contributed by atoms with E-state index in [1.165, 1.54) is 6.07 Å². The van der Waals surface area contributed by atoms with E-state index in [1.54, 1.807) is 19.1 Å². The smallest absolute Gasteiger partial charge is 0.349 e. The molecule has 0 atom stereocenters. The van der Waals surface area contributed by atoms with E-state index in [-0.39, 0.29) is 5.57 Å². The number of nitriles is 1. The largest absolute Gasteiger partial charge is 0.500 e. The first-order valence-electron chi connectivity index (χ1n) is 5.39. The Hall–Kier alpha value is -2.19. The molecular weight excluding hydrogens is 268 g/mol. The molecular formula is C13H15ClN2O3. The Morgan fingerprint density at radius 3 is 2.63 bits per heavy atom. The van der Waals surface area contributed by atoms with Crippen LogP contribution < -0.4 is 5.73 Å². The van der Waals surface area contributed by atoms with E-state index in [0.717, 1.165) is 22.5 Å². The average Bonchev–Trinajstić information content (AvgIpc) is 2.35. The van der Waals surface area contributed by atoms with Crippen molar-refractivity contribution >= 4 is 23.3 Å². The third kappa shape index (κ3) is 6.96. The highest BCUT2D eigenvalue weighted by molar-refractivity contribution is 6.31. The number of nitrogens with two attached hydrogens (primary N) is 1. The number of ether oxygens (including phenoxy) is 1. The molecule has 0 aliphatic rings. The van der Waals surface area contributed by atoms with Crippen LogP contribution in [0.3, 0.4) is 0 Å². The van der Waals surface area contributed by atoms with Crippen LogP contribution in [0.25, 0.3) is 0 Å². The number of carboxylic acids is 1. The van der Waals surface area contributed by atoms with Gasteiger partial charge in [0.2, 0.25) is 0 Å². The van der Waals surface area contributed by atoms with Crippen LogP contribution in [-0.2, 0) is 9.53 Å². The molecule has 19 heavy (non-hydrogen) atoms. The highest BCUT2D eigenvalue weighted by atomic mass is 35.5. The van der Waals surface area contributed by atoms with Crippen LogP contribution in [-0.4, -0.2) is 17.7 Å². The highest BCUT2D eigenvalue weighted by Gasteiger charge is 2.04. The molecule has 0 bridgehead atoms. The molecule has 0 aliphatic heterocycles. The van der Waals surface area contributed by atoms with Gasteiger partial charge in [0.1, 0.15) is 12.3 Å². The zero-order valence-electron chi connectivity index (χ0n) is 10.7. The summed E-state index contributed by atoms with van der Waals surface area (Å²) in [6, 6.07) is 6.91. The van der Waals surface area contributed by atoms with Gasteiger partial charge in [-0.25, -0.2) is 4.79 Å². The molecule has 1 rings (SSSR count). The van der Waals surface area contributed by atoms with Crippen LogP contribution in [0.1, 0.15) is 12.5 Å². The Labute approximate surface area is 116 Å². The number of benzene rings is 1. The van der Waals surface area contributed by atoms with Crippen LogP contribution in [0, 0.1) is 18.3 Å². The topological polar surface area (TPSA) is 96.3 Å². The molecule has 0 heterocycles. The van der Waals surface area contributed by atoms with E-state index in [0.29, 0.717) is 6.61 Å². The van der Waals surface area contributed by atoms with Crippen molar-refractivity contribution in [1.82, 2.24) is 0 Å². The molecule has 0 aliphatic carbocycles. The van der Waals surface area contributed by atoms with Gasteiger partial charge in [-0.15, -0.1) is 0 Å². The van der Waals surface area contributed by atoms with Gasteiger partial charge in [-0.1, -0.05) is 11.6 Å². The quantitative estimate of drug-likeness (QED) is 0.384. The maximum absolute atomic E-state index is 10.1. The summed E-state index contributed by atoms with van der Waals surface area (Å²) in [4.78, 5) is 10.1. The van der Waals surface area contributed by atoms with Gasteiger partial charge < -0.3 is 15.6 Å². The van der Waals surface area contributed by atoms with Gasteiger partial charge in [0.05, 0.1) is 6.61 Å². The molecule has 0 amide bonds. The van der Waals surface area contributed by atoms with Crippen molar-refractivity contribution in [2.75, 3.05) is 12.3 Å². The van der Waals surface area contributed by atoms with E-state index in [2.05, 4.69) is 4.74 Å². The van der Waals surface area contributed by atoms with Crippen LogP contribution in [0.4, 0.5) is 5.69 Å². The molecule has 0 radical (unpaired) electrons. The zero-order chi connectivity index (χ0) is 14.8. The van der Waals surface area contributed by atoms with Crippen LogP contribution in [0.15, 0.2) is 30.0 Å². The van der Waals surface area contributed by atoms with E-state index >= 15 is 0 Å². The summed E-state index contributed by atoms with van der Waals surface area (Å²) in [6.07, 6.45) is 0.933. The standard InChI is InChI=1S/C7H8ClN.C6H7NO3/c1-5-4-6(9)2-3-7(5)8;1-2-10-4-5(3-7)6(8)9/h2-4H,9H2,1H3;4H,2H2,1H3,(H,8,9)/b;5-4-. The number of hydrogen-bond donors (Lipinski definition) is 2. The zero-order valence-corrected chi connectivity index (χ0v) is 11.4. The third-order valence-electron chi connectivity index (χ3n) is 1.90. The molecule has 1 aromatic carbocycles. The molecule has 1 aromatic rings. The van der Waals surface area contributed by atoms with Crippen molar-refractivity contribution < 1.29 is 14.6 Å². The number of aryl methyl sites for hydroxylation is 1. The second kappa shape index (κ2) is 8.84. The Morgan fingerprint density at radius 1 is 1.63 bits per heavy atom. The normalized spacial score (nSPS) is 9.89. The molecule has 0 saturated heterocycles. The predicted octanol–water partition coefficient (Wildman–Crippen LogP) is 2.75. The first kappa shape index (κ1) is 16.8. The molecule has 0 fully saturated rings. The molecule has 5 nitrogen and oxygen atoms in total. The number of carbonyl (C=O) groups is 1. The van der Waals surface area contributed by atoms with Crippen molar-refractivity contribution in [3.8, 4) is 6.07 Å². The van der Waals surface area contributed by atoms with Crippen molar-refractivity contribution in [3.05, 3.63) is 40.6 Å². The monoisotopic (exact) mass is 282 g/mol. The first-order chi connectivity index (χ1) is 8.92. The lowest BCUT2D eigenvalue weighted by atomic mass is 10.2. The first-order valence-corrected chi connectivity index (χ1v) is 5.77. The molecule has 102 valence electrons. The number of aliphatic carboxylic acids is 1. The predicted molar refractivity (Wildman–Crippen MR) is 73.6 cm³/mol. The molecule has 0 unspecified atom stereocenters. The van der Waals surface area contributed by atoms with Gasteiger partial charge in [0, 0.05) is 10.7 Å². The van der Waals surface area contributed by atoms with E-state index in [9.17, 15) is 4.79 Å². The molecule has 0 saturated carbocycles. The second-order valence-corrected chi connectivity index (χ2v) is 3.82. The van der Waals surface area contributed by atoms with Crippen molar-refractivity contribution in [2.24, 2.45) is 0 Å². The van der Waals surface area contributed by atoms with Crippen LogP contribution >= 0.6 is 11.6 Å². The maximum atomic E-state index is 10.1. The second-order valence-electron chi connectivity index (χ2n) is 3.41. The van der Waals surface area contributed by atoms with Gasteiger partial charge in [-0.3, -0.25) is 0 Å². The lowest BCUT2D eigenvalue weighted by Crippen LogP contribution is -1.98. The summed E-state index contributed by atoms with van der Waals surface area (Å²) in [5, 5.41) is 17.1. The lowest BCUT2D eigenvalue weighted by molar-refractivity contribution is -0.132. The minimum absolute atomic E-state index is 0.360. The van der Waals surface area contributed by atoms with Crippen molar-refractivity contribution in [1.29, 1.82) is 5.26 Å². The summed E-state index contributed by atoms with van der Waals surface area (Å²) >= 11 is 5.73. The minimum Gasteiger partial charge on any atom is -0.500 e. The fraction of sp³-hybridized carbons (Fsp3) is 0.231. The lowest BCUT2D eigenvalue weighted by Gasteiger charge is -1.96. The number of halogens is 1. The summed E-state index contributed by atoms with van der Waals surface area (Å²) in [6.45, 7) is 3.99. The SMILES string of the molecule is CCO/C=C(/C#N)C(=O)O.Cc1cc(N)ccc1Cl. The summed E-state index contributed by atoms with van der Waals surface area (Å²) in [5.41, 5.74) is 6.87.